The maximum atomic E-state index is 5.56. The second-order valence-corrected chi connectivity index (χ2v) is 18.7. The van der Waals surface area contributed by atoms with Crippen molar-refractivity contribution < 1.29 is 0 Å². The van der Waals surface area contributed by atoms with Gasteiger partial charge in [0.2, 0.25) is 5.96 Å². The Balaban J connectivity index is 3.28. The third-order valence-electron chi connectivity index (χ3n) is 6.70. The molecule has 0 aliphatic rings. The van der Waals surface area contributed by atoms with Crippen molar-refractivity contribution >= 4 is 48.8 Å². The zero-order valence-electron chi connectivity index (χ0n) is 27.7. The van der Waals surface area contributed by atoms with Gasteiger partial charge in [-0.3, -0.25) is 28.0 Å². The molecule has 0 aliphatic heterocycles. The van der Waals surface area contributed by atoms with E-state index in [-0.39, 0.29) is 0 Å². The van der Waals surface area contributed by atoms with Gasteiger partial charge in [0.05, 0.1) is 17.1 Å². The van der Waals surface area contributed by atoms with Gasteiger partial charge in [-0.15, -0.1) is 0 Å². The summed E-state index contributed by atoms with van der Waals surface area (Å²) in [6.07, 6.45) is 0. The first-order chi connectivity index (χ1) is 18.4. The second kappa shape index (κ2) is 13.4. The van der Waals surface area contributed by atoms with Crippen LogP contribution in [0, 0.1) is 0 Å². The number of benzene rings is 2. The maximum Gasteiger partial charge on any atom is 0.200 e. The summed E-state index contributed by atoms with van der Waals surface area (Å²) in [5.74, 6) is 0.863. The highest BCUT2D eigenvalue weighted by molar-refractivity contribution is 7.59. The molecule has 13 heteroatoms. The van der Waals surface area contributed by atoms with Crippen LogP contribution in [0.1, 0.15) is 0 Å². The molecule has 11 nitrogen and oxygen atoms in total. The van der Waals surface area contributed by atoms with Gasteiger partial charge in [-0.05, 0) is 103 Å². The molecular formula is C27H53N11P2. The molecule has 0 radical (unpaired) electrons. The normalized spacial score (nSPS) is 12.8. The molecule has 0 bridgehead atoms. The van der Waals surface area contributed by atoms with Crippen LogP contribution in [0.5, 0.6) is 0 Å². The molecule has 226 valence electrons. The molecule has 2 rings (SSSR count). The molecular weight excluding hydrogens is 540 g/mol. The largest absolute Gasteiger partial charge is 0.349 e. The van der Waals surface area contributed by atoms with Crippen LogP contribution in [0.2, 0.25) is 0 Å². The van der Waals surface area contributed by atoms with Gasteiger partial charge < -0.3 is 9.80 Å². The summed E-state index contributed by atoms with van der Waals surface area (Å²) in [7, 11) is 28.8. The molecule has 40 heavy (non-hydrogen) atoms. The smallest absolute Gasteiger partial charge is 0.200 e. The maximum absolute atomic E-state index is 5.56. The molecule has 2 aromatic carbocycles. The highest BCUT2D eigenvalue weighted by Gasteiger charge is 2.31. The molecule has 0 spiro atoms. The third-order valence-corrected chi connectivity index (χ3v) is 14.1. The van der Waals surface area contributed by atoms with Crippen LogP contribution < -0.4 is 0 Å². The topological polar surface area (TPSA) is 63.0 Å². The van der Waals surface area contributed by atoms with Crippen molar-refractivity contribution in [2.24, 2.45) is 14.5 Å². The fourth-order valence-electron chi connectivity index (χ4n) is 5.30. The van der Waals surface area contributed by atoms with Crippen LogP contribution in [-0.4, -0.2) is 157 Å². The molecule has 0 saturated heterocycles. The number of fused-ring (bicyclic) bond motifs is 1. The van der Waals surface area contributed by atoms with E-state index >= 15 is 0 Å². The number of hydrogen-bond acceptors (Lipinski definition) is 3. The zero-order chi connectivity index (χ0) is 30.7. The lowest BCUT2D eigenvalue weighted by atomic mass is 10.1. The summed E-state index contributed by atoms with van der Waals surface area (Å²) in [5, 5.41) is 2.03. The molecule has 0 unspecified atom stereocenters. The summed E-state index contributed by atoms with van der Waals surface area (Å²) in [4.78, 5) is 9.17. The summed E-state index contributed by atoms with van der Waals surface area (Å²) in [5.41, 5.74) is 2.70. The van der Waals surface area contributed by atoms with Crippen molar-refractivity contribution in [1.82, 2.24) is 37.8 Å². The Morgan fingerprint density at radius 1 is 0.475 bits per heavy atom. The minimum absolute atomic E-state index is 0.863. The molecule has 0 aliphatic carbocycles. The number of rotatable bonds is 9. The van der Waals surface area contributed by atoms with Gasteiger partial charge in [0.25, 0.3) is 0 Å². The Kier molecular flexibility index (Phi) is 11.6. The quantitative estimate of drug-likeness (QED) is 0.215. The Labute approximate surface area is 244 Å². The van der Waals surface area contributed by atoms with Crippen molar-refractivity contribution in [1.29, 1.82) is 0 Å². The minimum atomic E-state index is -2.23. The second-order valence-electron chi connectivity index (χ2n) is 11.4. The van der Waals surface area contributed by atoms with E-state index in [1.165, 1.54) is 0 Å². The summed E-state index contributed by atoms with van der Waals surface area (Å²) in [6, 6.07) is 10.5. The SMILES string of the molecule is CN(C)C(=Nc1ccc(N=P(N(C)C)(N(C)C)N(C)C)c2c(N=P(N(C)C)(N(C)C)N(C)C)cccc12)N(C)C. The van der Waals surface area contributed by atoms with E-state index in [1.54, 1.807) is 0 Å². The Bertz CT molecular complexity index is 1190. The Hall–Kier alpha value is -1.81. The van der Waals surface area contributed by atoms with Gasteiger partial charge in [-0.1, -0.05) is 12.1 Å². The molecule has 0 aromatic heterocycles. The van der Waals surface area contributed by atoms with E-state index in [1.807, 2.05) is 38.0 Å². The van der Waals surface area contributed by atoms with E-state index in [9.17, 15) is 0 Å². The van der Waals surface area contributed by atoms with Gasteiger partial charge in [0, 0.05) is 39.0 Å². The van der Waals surface area contributed by atoms with Crippen molar-refractivity contribution in [3.8, 4) is 0 Å². The van der Waals surface area contributed by atoms with Crippen LogP contribution >= 0.6 is 15.0 Å². The monoisotopic (exact) mass is 593 g/mol. The van der Waals surface area contributed by atoms with E-state index in [0.29, 0.717) is 0 Å². The summed E-state index contributed by atoms with van der Waals surface area (Å²) in [6.45, 7) is 0. The number of hydrogen-bond donors (Lipinski definition) is 0. The molecule has 0 N–H and O–H groups in total. The van der Waals surface area contributed by atoms with E-state index < -0.39 is 15.0 Å². The van der Waals surface area contributed by atoms with Gasteiger partial charge in [0.1, 0.15) is 0 Å². The van der Waals surface area contributed by atoms with Crippen LogP contribution in [0.4, 0.5) is 17.1 Å². The minimum Gasteiger partial charge on any atom is -0.349 e. The van der Waals surface area contributed by atoms with Gasteiger partial charge >= 0.3 is 0 Å². The predicted octanol–water partition coefficient (Wildman–Crippen LogP) is 5.48. The average molecular weight is 594 g/mol. The fourth-order valence-corrected chi connectivity index (χ4v) is 11.6. The van der Waals surface area contributed by atoms with Crippen molar-refractivity contribution in [3.63, 3.8) is 0 Å². The fraction of sp³-hybridized carbons (Fsp3) is 0.593. The Morgan fingerprint density at radius 3 is 1.18 bits per heavy atom. The van der Waals surface area contributed by atoms with Gasteiger partial charge in [-0.25, -0.2) is 14.5 Å². The number of aliphatic imine (C=N–C) groups is 1. The van der Waals surface area contributed by atoms with Crippen LogP contribution in [-0.2, 0) is 0 Å². The van der Waals surface area contributed by atoms with E-state index in [2.05, 4.69) is 143 Å². The van der Waals surface area contributed by atoms with Crippen molar-refractivity contribution in [2.75, 3.05) is 113 Å². The standard InChI is InChI=1S/C27H53N11P2/c1-31(2)27(32(3)4)28-23-20-21-25(30-40(36(11)12,37(13)14)38(15)16)26-22(23)18-17-19-24(26)29-39(33(5)6,34(7)8)35(9)10/h17-21H,1-16H3. The predicted molar refractivity (Wildman–Crippen MR) is 179 cm³/mol. The van der Waals surface area contributed by atoms with Gasteiger partial charge in [0.15, 0.2) is 15.0 Å². The summed E-state index contributed by atoms with van der Waals surface area (Å²) >= 11 is 0. The van der Waals surface area contributed by atoms with Crippen LogP contribution in [0.15, 0.2) is 44.8 Å². The lowest BCUT2D eigenvalue weighted by Gasteiger charge is -2.41. The first kappa shape index (κ1) is 34.4. The molecule has 0 saturated carbocycles. The number of guanidine groups is 1. The Morgan fingerprint density at radius 2 is 0.825 bits per heavy atom. The van der Waals surface area contributed by atoms with Gasteiger partial charge in [-0.2, -0.15) is 0 Å². The van der Waals surface area contributed by atoms with E-state index in [0.717, 1.165) is 33.8 Å². The van der Waals surface area contributed by atoms with E-state index in [4.69, 9.17) is 14.5 Å². The van der Waals surface area contributed by atoms with Crippen molar-refractivity contribution in [2.45, 2.75) is 0 Å². The third kappa shape index (κ3) is 6.48. The lowest BCUT2D eigenvalue weighted by molar-refractivity contribution is 0.474. The molecule has 0 fully saturated rings. The van der Waals surface area contributed by atoms with Crippen molar-refractivity contribution in [3.05, 3.63) is 30.3 Å². The number of nitrogens with zero attached hydrogens (tertiary/aromatic N) is 11. The first-order valence-corrected chi connectivity index (χ1v) is 16.5. The molecule has 0 atom stereocenters. The lowest BCUT2D eigenvalue weighted by Crippen LogP contribution is -2.35. The average Bonchev–Trinajstić information content (AvgIpc) is 2.82. The first-order valence-electron chi connectivity index (χ1n) is 13.3. The molecule has 0 amide bonds. The van der Waals surface area contributed by atoms with Crippen LogP contribution in [0.3, 0.4) is 0 Å². The zero-order valence-corrected chi connectivity index (χ0v) is 29.5. The summed E-state index contributed by atoms with van der Waals surface area (Å²) < 4.78 is 24.5. The highest BCUT2D eigenvalue weighted by Crippen LogP contribution is 2.60. The molecule has 0 heterocycles. The molecule has 2 aromatic rings. The highest BCUT2D eigenvalue weighted by atomic mass is 31.2. The van der Waals surface area contributed by atoms with Crippen LogP contribution in [0.25, 0.3) is 10.8 Å².